The molecule has 0 radical (unpaired) electrons. The van der Waals surface area contributed by atoms with E-state index >= 15 is 0 Å². The molecule has 0 aliphatic heterocycles. The predicted molar refractivity (Wildman–Crippen MR) is 71.8 cm³/mol. The van der Waals surface area contributed by atoms with E-state index in [2.05, 4.69) is 0 Å². The third-order valence-electron chi connectivity index (χ3n) is 2.76. The highest BCUT2D eigenvalue weighted by Crippen LogP contribution is 2.24. The first-order valence-electron chi connectivity index (χ1n) is 6.24. The van der Waals surface area contributed by atoms with Crippen LogP contribution in [0.4, 0.5) is 0 Å². The number of esters is 1. The van der Waals surface area contributed by atoms with Gasteiger partial charge in [-0.15, -0.1) is 0 Å². The maximum atomic E-state index is 11.7. The molecule has 0 aliphatic carbocycles. The number of ether oxygens (including phenoxy) is 2. The summed E-state index contributed by atoms with van der Waals surface area (Å²) in [5, 5.41) is 0. The molecule has 3 heteroatoms. The summed E-state index contributed by atoms with van der Waals surface area (Å²) < 4.78 is 10.8. The summed E-state index contributed by atoms with van der Waals surface area (Å²) in [5.74, 6) is 0.600. The fraction of sp³-hybridized carbons (Fsp3) is 0.533. The Morgan fingerprint density at radius 1 is 1.28 bits per heavy atom. The van der Waals surface area contributed by atoms with E-state index in [1.807, 2.05) is 45.9 Å². The highest BCUT2D eigenvalue weighted by atomic mass is 16.5. The third kappa shape index (κ3) is 3.76. The number of aryl methyl sites for hydroxylation is 2. The van der Waals surface area contributed by atoms with E-state index in [1.165, 1.54) is 0 Å². The molecule has 0 atom stereocenters. The smallest absolute Gasteiger partial charge is 0.314 e. The molecule has 0 fully saturated rings. The Balaban J connectivity index is 2.69. The SMILES string of the molecule is CCOC(=O)C(C)(C)COc1cc(C)ccc1C. The number of hydrogen-bond acceptors (Lipinski definition) is 3. The lowest BCUT2D eigenvalue weighted by Crippen LogP contribution is -2.33. The van der Waals surface area contributed by atoms with Crippen molar-refractivity contribution in [3.05, 3.63) is 29.3 Å². The lowest BCUT2D eigenvalue weighted by Gasteiger charge is -2.23. The first-order valence-corrected chi connectivity index (χ1v) is 6.24. The van der Waals surface area contributed by atoms with Crippen LogP contribution in [0.15, 0.2) is 18.2 Å². The summed E-state index contributed by atoms with van der Waals surface area (Å²) in [6, 6.07) is 6.04. The van der Waals surface area contributed by atoms with Gasteiger partial charge in [0.25, 0.3) is 0 Å². The molecular formula is C15H22O3. The molecule has 1 rings (SSSR count). The minimum atomic E-state index is -0.633. The van der Waals surface area contributed by atoms with Crippen molar-refractivity contribution in [1.82, 2.24) is 0 Å². The van der Waals surface area contributed by atoms with Gasteiger partial charge in [0.15, 0.2) is 0 Å². The van der Waals surface area contributed by atoms with E-state index in [4.69, 9.17) is 9.47 Å². The summed E-state index contributed by atoms with van der Waals surface area (Å²) in [6.07, 6.45) is 0. The summed E-state index contributed by atoms with van der Waals surface area (Å²) in [4.78, 5) is 11.7. The maximum Gasteiger partial charge on any atom is 0.314 e. The lowest BCUT2D eigenvalue weighted by molar-refractivity contribution is -0.155. The Morgan fingerprint density at radius 2 is 1.94 bits per heavy atom. The van der Waals surface area contributed by atoms with Crippen molar-refractivity contribution >= 4 is 5.97 Å². The zero-order valence-corrected chi connectivity index (χ0v) is 11.9. The number of carbonyl (C=O) groups excluding carboxylic acids is 1. The van der Waals surface area contributed by atoms with E-state index < -0.39 is 5.41 Å². The molecule has 0 heterocycles. The lowest BCUT2D eigenvalue weighted by atomic mass is 9.95. The van der Waals surface area contributed by atoms with E-state index in [1.54, 1.807) is 6.92 Å². The van der Waals surface area contributed by atoms with Crippen LogP contribution >= 0.6 is 0 Å². The maximum absolute atomic E-state index is 11.7. The van der Waals surface area contributed by atoms with Crippen molar-refractivity contribution in [2.75, 3.05) is 13.2 Å². The molecule has 100 valence electrons. The van der Waals surface area contributed by atoms with E-state index in [-0.39, 0.29) is 5.97 Å². The van der Waals surface area contributed by atoms with Crippen LogP contribution in [0.25, 0.3) is 0 Å². The Bertz CT molecular complexity index is 422. The van der Waals surface area contributed by atoms with Crippen molar-refractivity contribution in [3.8, 4) is 5.75 Å². The van der Waals surface area contributed by atoms with Crippen LogP contribution < -0.4 is 4.74 Å². The van der Waals surface area contributed by atoms with Crippen LogP contribution in [0.3, 0.4) is 0 Å². The molecule has 0 unspecified atom stereocenters. The molecule has 0 saturated heterocycles. The zero-order chi connectivity index (χ0) is 13.8. The molecule has 0 aliphatic rings. The van der Waals surface area contributed by atoms with Gasteiger partial charge in [-0.25, -0.2) is 0 Å². The highest BCUT2D eigenvalue weighted by Gasteiger charge is 2.30. The van der Waals surface area contributed by atoms with Gasteiger partial charge in [0.05, 0.1) is 12.0 Å². The van der Waals surface area contributed by atoms with Gasteiger partial charge in [-0.05, 0) is 51.8 Å². The zero-order valence-electron chi connectivity index (χ0n) is 11.9. The molecule has 1 aromatic carbocycles. The Hall–Kier alpha value is -1.51. The average Bonchev–Trinajstić information content (AvgIpc) is 2.31. The largest absolute Gasteiger partial charge is 0.492 e. The molecule has 0 spiro atoms. The van der Waals surface area contributed by atoms with Crippen LogP contribution in [0.1, 0.15) is 31.9 Å². The molecule has 0 N–H and O–H groups in total. The average molecular weight is 250 g/mol. The fourth-order valence-corrected chi connectivity index (χ4v) is 1.51. The summed E-state index contributed by atoms with van der Waals surface area (Å²) in [7, 11) is 0. The summed E-state index contributed by atoms with van der Waals surface area (Å²) >= 11 is 0. The van der Waals surface area contributed by atoms with Crippen molar-refractivity contribution in [2.45, 2.75) is 34.6 Å². The van der Waals surface area contributed by atoms with E-state index in [0.717, 1.165) is 16.9 Å². The minimum absolute atomic E-state index is 0.227. The van der Waals surface area contributed by atoms with Gasteiger partial charge in [-0.1, -0.05) is 12.1 Å². The van der Waals surface area contributed by atoms with E-state index in [0.29, 0.717) is 13.2 Å². The first-order chi connectivity index (χ1) is 8.36. The Kier molecular flexibility index (Phi) is 4.76. The van der Waals surface area contributed by atoms with Crippen molar-refractivity contribution in [1.29, 1.82) is 0 Å². The van der Waals surface area contributed by atoms with Crippen molar-refractivity contribution in [3.63, 3.8) is 0 Å². The Labute approximate surface area is 109 Å². The normalized spacial score (nSPS) is 11.2. The van der Waals surface area contributed by atoms with Crippen molar-refractivity contribution in [2.24, 2.45) is 5.41 Å². The molecule has 1 aromatic rings. The highest BCUT2D eigenvalue weighted by molar-refractivity contribution is 5.76. The van der Waals surface area contributed by atoms with Gasteiger partial charge in [-0.3, -0.25) is 4.79 Å². The number of hydrogen-bond donors (Lipinski definition) is 0. The van der Waals surface area contributed by atoms with Crippen LogP contribution in [0.5, 0.6) is 5.75 Å². The number of carbonyl (C=O) groups is 1. The minimum Gasteiger partial charge on any atom is -0.492 e. The molecule has 18 heavy (non-hydrogen) atoms. The van der Waals surface area contributed by atoms with Crippen molar-refractivity contribution < 1.29 is 14.3 Å². The number of benzene rings is 1. The van der Waals surface area contributed by atoms with Crippen LogP contribution in [-0.4, -0.2) is 19.2 Å². The second-order valence-electron chi connectivity index (χ2n) is 5.16. The van der Waals surface area contributed by atoms with Gasteiger partial charge in [0.2, 0.25) is 0 Å². The van der Waals surface area contributed by atoms with Gasteiger partial charge >= 0.3 is 5.97 Å². The Morgan fingerprint density at radius 3 is 2.56 bits per heavy atom. The molecular weight excluding hydrogens is 228 g/mol. The summed E-state index contributed by atoms with van der Waals surface area (Å²) in [6.45, 7) is 10.2. The van der Waals surface area contributed by atoms with Crippen LogP contribution in [0.2, 0.25) is 0 Å². The quantitative estimate of drug-likeness (QED) is 0.752. The van der Waals surface area contributed by atoms with E-state index in [9.17, 15) is 4.79 Å². The standard InChI is InChI=1S/C15H22O3/c1-6-17-14(16)15(4,5)10-18-13-9-11(2)7-8-12(13)3/h7-9H,6,10H2,1-5H3. The van der Waals surface area contributed by atoms with Gasteiger partial charge in [0.1, 0.15) is 12.4 Å². The van der Waals surface area contributed by atoms with Crippen LogP contribution in [0, 0.1) is 19.3 Å². The van der Waals surface area contributed by atoms with Gasteiger partial charge in [0, 0.05) is 0 Å². The van der Waals surface area contributed by atoms with Gasteiger partial charge in [-0.2, -0.15) is 0 Å². The monoisotopic (exact) mass is 250 g/mol. The predicted octanol–water partition coefficient (Wildman–Crippen LogP) is 3.27. The topological polar surface area (TPSA) is 35.5 Å². The third-order valence-corrected chi connectivity index (χ3v) is 2.76. The summed E-state index contributed by atoms with van der Waals surface area (Å²) in [5.41, 5.74) is 1.58. The van der Waals surface area contributed by atoms with Crippen LogP contribution in [-0.2, 0) is 9.53 Å². The second-order valence-corrected chi connectivity index (χ2v) is 5.16. The molecule has 0 bridgehead atoms. The second kappa shape index (κ2) is 5.89. The molecule has 0 amide bonds. The first kappa shape index (κ1) is 14.6. The molecule has 3 nitrogen and oxygen atoms in total. The number of rotatable bonds is 5. The molecule has 0 saturated carbocycles. The van der Waals surface area contributed by atoms with Gasteiger partial charge < -0.3 is 9.47 Å². The molecule has 0 aromatic heterocycles. The fourth-order valence-electron chi connectivity index (χ4n) is 1.51.